The molecular formula is C15H15ClN2OS. The molecule has 0 radical (unpaired) electrons. The largest absolute Gasteiger partial charge is 0.376 e. The van der Waals surface area contributed by atoms with Gasteiger partial charge in [-0.3, -0.25) is 4.79 Å². The molecule has 20 heavy (non-hydrogen) atoms. The minimum atomic E-state index is 0.0233. The zero-order chi connectivity index (χ0) is 14.3. The minimum Gasteiger partial charge on any atom is -0.376 e. The standard InChI is InChI=1S/C15H15ClN2OS/c1-8-3-4-14(20-8)9(2)17-13-5-10-6-15(19)18-12(10)7-11(13)16/h3-5,7,9,17H,6H2,1-2H3,(H,18,19). The van der Waals surface area contributed by atoms with Crippen LogP contribution in [-0.4, -0.2) is 5.91 Å². The highest BCUT2D eigenvalue weighted by Gasteiger charge is 2.20. The Morgan fingerprint density at radius 1 is 1.40 bits per heavy atom. The Morgan fingerprint density at radius 3 is 2.90 bits per heavy atom. The van der Waals surface area contributed by atoms with Gasteiger partial charge in [-0.2, -0.15) is 0 Å². The van der Waals surface area contributed by atoms with E-state index in [0.29, 0.717) is 11.4 Å². The number of carbonyl (C=O) groups excluding carboxylic acids is 1. The van der Waals surface area contributed by atoms with Gasteiger partial charge < -0.3 is 10.6 Å². The van der Waals surface area contributed by atoms with E-state index in [4.69, 9.17) is 11.6 Å². The molecule has 0 saturated carbocycles. The third-order valence-corrected chi connectivity index (χ3v) is 4.87. The summed E-state index contributed by atoms with van der Waals surface area (Å²) in [5.41, 5.74) is 2.70. The molecule has 3 nitrogen and oxygen atoms in total. The summed E-state index contributed by atoms with van der Waals surface area (Å²) < 4.78 is 0. The van der Waals surface area contributed by atoms with Crippen LogP contribution in [0, 0.1) is 6.92 Å². The molecule has 0 bridgehead atoms. The second-order valence-corrected chi connectivity index (χ2v) is 6.76. The molecule has 1 aliphatic rings. The molecular weight excluding hydrogens is 292 g/mol. The number of amides is 1. The molecule has 0 fully saturated rings. The van der Waals surface area contributed by atoms with Gasteiger partial charge in [-0.05, 0) is 43.7 Å². The Kier molecular flexibility index (Phi) is 3.44. The average molecular weight is 307 g/mol. The van der Waals surface area contributed by atoms with Gasteiger partial charge in [-0.15, -0.1) is 11.3 Å². The Bertz CT molecular complexity index is 681. The molecule has 0 aliphatic carbocycles. The predicted octanol–water partition coefficient (Wildman–Crippen LogP) is 4.38. The summed E-state index contributed by atoms with van der Waals surface area (Å²) in [6, 6.07) is 8.22. The fraction of sp³-hybridized carbons (Fsp3) is 0.267. The van der Waals surface area contributed by atoms with Gasteiger partial charge in [0.25, 0.3) is 0 Å². The third-order valence-electron chi connectivity index (χ3n) is 3.38. The highest BCUT2D eigenvalue weighted by molar-refractivity contribution is 7.12. The number of rotatable bonds is 3. The number of hydrogen-bond donors (Lipinski definition) is 2. The zero-order valence-corrected chi connectivity index (χ0v) is 12.9. The first kappa shape index (κ1) is 13.5. The summed E-state index contributed by atoms with van der Waals surface area (Å²) in [5, 5.41) is 6.86. The molecule has 1 amide bonds. The summed E-state index contributed by atoms with van der Waals surface area (Å²) in [5.74, 6) is 0.0233. The van der Waals surface area contributed by atoms with Crippen molar-refractivity contribution in [3.8, 4) is 0 Å². The van der Waals surface area contributed by atoms with E-state index < -0.39 is 0 Å². The first-order valence-electron chi connectivity index (χ1n) is 6.48. The van der Waals surface area contributed by atoms with Gasteiger partial charge in [0.05, 0.1) is 23.2 Å². The maximum Gasteiger partial charge on any atom is 0.228 e. The molecule has 2 heterocycles. The maximum absolute atomic E-state index is 11.4. The second-order valence-electron chi connectivity index (χ2n) is 5.03. The molecule has 3 rings (SSSR count). The smallest absolute Gasteiger partial charge is 0.228 e. The number of nitrogens with one attached hydrogen (secondary N) is 2. The number of thiophene rings is 1. The first-order chi connectivity index (χ1) is 9.52. The molecule has 1 unspecified atom stereocenters. The Morgan fingerprint density at radius 2 is 2.20 bits per heavy atom. The molecule has 1 aromatic carbocycles. The van der Waals surface area contributed by atoms with Gasteiger partial charge in [-0.25, -0.2) is 0 Å². The monoisotopic (exact) mass is 306 g/mol. The fourth-order valence-corrected chi connectivity index (χ4v) is 3.45. The van der Waals surface area contributed by atoms with Crippen LogP contribution in [0.2, 0.25) is 5.02 Å². The summed E-state index contributed by atoms with van der Waals surface area (Å²) in [6.45, 7) is 4.21. The van der Waals surface area contributed by atoms with E-state index in [2.05, 4.69) is 36.6 Å². The van der Waals surface area contributed by atoms with Crippen LogP contribution < -0.4 is 10.6 Å². The van der Waals surface area contributed by atoms with Crippen LogP contribution in [-0.2, 0) is 11.2 Å². The first-order valence-corrected chi connectivity index (χ1v) is 7.67. The van der Waals surface area contributed by atoms with Crippen LogP contribution >= 0.6 is 22.9 Å². The molecule has 1 aromatic heterocycles. The van der Waals surface area contributed by atoms with Crippen molar-refractivity contribution < 1.29 is 4.79 Å². The van der Waals surface area contributed by atoms with E-state index >= 15 is 0 Å². The number of halogens is 1. The van der Waals surface area contributed by atoms with Crippen LogP contribution in [0.15, 0.2) is 24.3 Å². The minimum absolute atomic E-state index is 0.0233. The topological polar surface area (TPSA) is 41.1 Å². The van der Waals surface area contributed by atoms with Crippen LogP contribution in [0.5, 0.6) is 0 Å². The zero-order valence-electron chi connectivity index (χ0n) is 11.3. The molecule has 5 heteroatoms. The van der Waals surface area contributed by atoms with Crippen molar-refractivity contribution in [2.24, 2.45) is 0 Å². The van der Waals surface area contributed by atoms with E-state index in [1.165, 1.54) is 9.75 Å². The molecule has 2 aromatic rings. The molecule has 0 spiro atoms. The van der Waals surface area contributed by atoms with Crippen LogP contribution in [0.1, 0.15) is 28.3 Å². The quantitative estimate of drug-likeness (QED) is 0.883. The van der Waals surface area contributed by atoms with Crippen LogP contribution in [0.3, 0.4) is 0 Å². The number of hydrogen-bond acceptors (Lipinski definition) is 3. The highest BCUT2D eigenvalue weighted by atomic mass is 35.5. The number of anilines is 2. The van der Waals surface area contributed by atoms with Gasteiger partial charge in [0.2, 0.25) is 5.91 Å². The Labute approximate surface area is 127 Å². The van der Waals surface area contributed by atoms with Crippen LogP contribution in [0.25, 0.3) is 0 Å². The van der Waals surface area contributed by atoms with Crippen molar-refractivity contribution >= 4 is 40.2 Å². The van der Waals surface area contributed by atoms with Crippen molar-refractivity contribution in [1.82, 2.24) is 0 Å². The van der Waals surface area contributed by atoms with Gasteiger partial charge >= 0.3 is 0 Å². The van der Waals surface area contributed by atoms with E-state index in [9.17, 15) is 4.79 Å². The van der Waals surface area contributed by atoms with E-state index in [-0.39, 0.29) is 11.9 Å². The van der Waals surface area contributed by atoms with Crippen molar-refractivity contribution in [2.75, 3.05) is 10.6 Å². The van der Waals surface area contributed by atoms with Crippen molar-refractivity contribution in [1.29, 1.82) is 0 Å². The van der Waals surface area contributed by atoms with Crippen LogP contribution in [0.4, 0.5) is 11.4 Å². The lowest BCUT2D eigenvalue weighted by Crippen LogP contribution is -2.05. The third kappa shape index (κ3) is 2.53. The predicted molar refractivity (Wildman–Crippen MR) is 84.9 cm³/mol. The number of benzene rings is 1. The second kappa shape index (κ2) is 5.11. The molecule has 0 saturated heterocycles. The average Bonchev–Trinajstić information content (AvgIpc) is 2.95. The number of carbonyl (C=O) groups is 1. The van der Waals surface area contributed by atoms with Crippen molar-refractivity contribution in [2.45, 2.75) is 26.3 Å². The summed E-state index contributed by atoms with van der Waals surface area (Å²) >= 11 is 8.06. The molecule has 2 N–H and O–H groups in total. The van der Waals surface area contributed by atoms with Crippen molar-refractivity contribution in [3.63, 3.8) is 0 Å². The van der Waals surface area contributed by atoms with Gasteiger partial charge in [0, 0.05) is 15.4 Å². The molecule has 104 valence electrons. The molecule has 1 atom stereocenters. The van der Waals surface area contributed by atoms with Crippen molar-refractivity contribution in [3.05, 3.63) is 44.6 Å². The normalized spacial score (nSPS) is 14.8. The Hall–Kier alpha value is -1.52. The van der Waals surface area contributed by atoms with Gasteiger partial charge in [0.15, 0.2) is 0 Å². The lowest BCUT2D eigenvalue weighted by molar-refractivity contribution is -0.115. The maximum atomic E-state index is 11.4. The number of aryl methyl sites for hydroxylation is 1. The summed E-state index contributed by atoms with van der Waals surface area (Å²) in [6.07, 6.45) is 0.424. The lowest BCUT2D eigenvalue weighted by Gasteiger charge is -2.16. The van der Waals surface area contributed by atoms with Gasteiger partial charge in [-0.1, -0.05) is 11.6 Å². The van der Waals surface area contributed by atoms with E-state index in [0.717, 1.165) is 16.9 Å². The Balaban J connectivity index is 1.84. The summed E-state index contributed by atoms with van der Waals surface area (Å²) in [7, 11) is 0. The highest BCUT2D eigenvalue weighted by Crippen LogP contribution is 2.35. The summed E-state index contributed by atoms with van der Waals surface area (Å²) in [4.78, 5) is 14.0. The fourth-order valence-electron chi connectivity index (χ4n) is 2.35. The van der Waals surface area contributed by atoms with Gasteiger partial charge in [0.1, 0.15) is 0 Å². The van der Waals surface area contributed by atoms with E-state index in [1.54, 1.807) is 11.3 Å². The SMILES string of the molecule is Cc1ccc(C(C)Nc2cc3c(cc2Cl)NC(=O)C3)s1. The number of fused-ring (bicyclic) bond motifs is 1. The molecule has 1 aliphatic heterocycles. The van der Waals surface area contributed by atoms with E-state index in [1.807, 2.05) is 12.1 Å². The lowest BCUT2D eigenvalue weighted by atomic mass is 10.1.